The van der Waals surface area contributed by atoms with Gasteiger partial charge in [0.1, 0.15) is 17.3 Å². The molecule has 0 aromatic carbocycles. The highest BCUT2D eigenvalue weighted by atomic mass is 35.5. The first kappa shape index (κ1) is 31.7. The first-order chi connectivity index (χ1) is 13.1. The molecule has 0 saturated heterocycles. The third kappa shape index (κ3) is 32.7. The molecule has 0 aliphatic carbocycles. The summed E-state index contributed by atoms with van der Waals surface area (Å²) >= 11 is 5.49. The highest BCUT2D eigenvalue weighted by Crippen LogP contribution is 2.11. The van der Waals surface area contributed by atoms with Gasteiger partial charge in [0.05, 0.1) is 5.60 Å². The topological polar surface area (TPSA) is 52.1 Å². The summed E-state index contributed by atoms with van der Waals surface area (Å²) in [6.07, 6.45) is 11.2. The number of hydrogen-bond donors (Lipinski definition) is 0. The van der Waals surface area contributed by atoms with Crippen LogP contribution in [0.3, 0.4) is 0 Å². The Balaban J connectivity index is -0.000000306. The van der Waals surface area contributed by atoms with Gasteiger partial charge < -0.3 is 9.53 Å². The van der Waals surface area contributed by atoms with Crippen molar-refractivity contribution in [3.8, 4) is 0 Å². The van der Waals surface area contributed by atoms with Crippen LogP contribution in [0.25, 0.3) is 0 Å². The fourth-order valence-electron chi connectivity index (χ4n) is 1.49. The maximum Gasteiger partial charge on any atom is 0.132 e. The van der Waals surface area contributed by atoms with Gasteiger partial charge in [-0.15, -0.1) is 0 Å². The number of carbonyl (C=O) groups excluding carboxylic acids is 1. The van der Waals surface area contributed by atoms with Crippen LogP contribution in [0.5, 0.6) is 0 Å². The zero-order chi connectivity index (χ0) is 22.4. The molecule has 0 N–H and O–H groups in total. The SMILES string of the molecule is CCCC=O.CCCCCC(C)CC.COC(C)(C)C.Cc1nccc(Cl)n1. The number of rotatable bonds is 7. The van der Waals surface area contributed by atoms with E-state index < -0.39 is 0 Å². The number of methoxy groups -OCH3 is 1. The molecule has 5 heteroatoms. The van der Waals surface area contributed by atoms with Crippen LogP contribution in [0, 0.1) is 12.8 Å². The number of halogens is 1. The van der Waals surface area contributed by atoms with Gasteiger partial charge in [-0.3, -0.25) is 0 Å². The highest BCUT2D eigenvalue weighted by molar-refractivity contribution is 6.29. The van der Waals surface area contributed by atoms with E-state index in [1.807, 2.05) is 27.7 Å². The van der Waals surface area contributed by atoms with E-state index in [-0.39, 0.29) is 5.60 Å². The first-order valence-electron chi connectivity index (χ1n) is 10.5. The van der Waals surface area contributed by atoms with E-state index >= 15 is 0 Å². The molecule has 1 aromatic rings. The molecular formula is C23H45ClN2O2. The average molecular weight is 417 g/mol. The normalized spacial score (nSPS) is 10.9. The quantitative estimate of drug-likeness (QED) is 0.262. The van der Waals surface area contributed by atoms with E-state index in [2.05, 4.69) is 30.7 Å². The van der Waals surface area contributed by atoms with Crippen molar-refractivity contribution in [2.24, 2.45) is 5.92 Å². The first-order valence-corrected chi connectivity index (χ1v) is 10.9. The number of unbranched alkanes of at least 4 members (excludes halogenated alkanes) is 3. The van der Waals surface area contributed by atoms with E-state index in [0.29, 0.717) is 17.4 Å². The third-order valence-electron chi connectivity index (χ3n) is 3.76. The number of hydrogen-bond acceptors (Lipinski definition) is 4. The zero-order valence-electron chi connectivity index (χ0n) is 19.8. The predicted molar refractivity (Wildman–Crippen MR) is 123 cm³/mol. The van der Waals surface area contributed by atoms with Gasteiger partial charge in [-0.1, -0.05) is 71.4 Å². The molecule has 0 saturated carbocycles. The van der Waals surface area contributed by atoms with Gasteiger partial charge in [-0.2, -0.15) is 0 Å². The standard InChI is InChI=1S/C9H20.C5H5ClN2.C5H12O.C4H8O/c1-4-6-7-8-9(3)5-2;1-4-7-3-2-5(6)8-4;1-5(2,3)6-4;1-2-3-4-5/h9H,4-8H2,1-3H3;2-3H,1H3;1-4H3;4H,2-3H2,1H3. The van der Waals surface area contributed by atoms with E-state index in [1.54, 1.807) is 26.3 Å². The molecular weight excluding hydrogens is 372 g/mol. The van der Waals surface area contributed by atoms with Gasteiger partial charge in [0.2, 0.25) is 0 Å². The smallest absolute Gasteiger partial charge is 0.132 e. The number of aromatic nitrogens is 2. The summed E-state index contributed by atoms with van der Waals surface area (Å²) < 4.78 is 4.94. The Morgan fingerprint density at radius 3 is 2.00 bits per heavy atom. The van der Waals surface area contributed by atoms with Crippen molar-refractivity contribution in [1.82, 2.24) is 9.97 Å². The Labute approximate surface area is 179 Å². The van der Waals surface area contributed by atoms with Crippen molar-refractivity contribution in [3.63, 3.8) is 0 Å². The monoisotopic (exact) mass is 416 g/mol. The molecule has 1 rings (SSSR count). The maximum atomic E-state index is 9.40. The van der Waals surface area contributed by atoms with Gasteiger partial charge in [-0.05, 0) is 46.1 Å². The largest absolute Gasteiger partial charge is 0.379 e. The maximum absolute atomic E-state index is 9.40. The van der Waals surface area contributed by atoms with E-state index in [1.165, 1.54) is 32.1 Å². The lowest BCUT2D eigenvalue weighted by atomic mass is 10.0. The number of aldehydes is 1. The Kier molecular flexibility index (Phi) is 25.2. The lowest BCUT2D eigenvalue weighted by molar-refractivity contribution is -0.107. The number of nitrogens with zero attached hydrogens (tertiary/aromatic N) is 2. The van der Waals surface area contributed by atoms with Crippen molar-refractivity contribution >= 4 is 17.9 Å². The molecule has 1 heterocycles. The number of carbonyl (C=O) groups is 1. The van der Waals surface area contributed by atoms with Crippen molar-refractivity contribution in [1.29, 1.82) is 0 Å². The fourth-order valence-corrected chi connectivity index (χ4v) is 1.67. The molecule has 28 heavy (non-hydrogen) atoms. The minimum atomic E-state index is 0.0417. The summed E-state index contributed by atoms with van der Waals surface area (Å²) in [5, 5.41) is 0.498. The van der Waals surface area contributed by atoms with Crippen LogP contribution in [0.2, 0.25) is 5.15 Å². The highest BCUT2D eigenvalue weighted by Gasteiger charge is 2.04. The molecule has 0 radical (unpaired) electrons. The fraction of sp³-hybridized carbons (Fsp3) is 0.783. The zero-order valence-corrected chi connectivity index (χ0v) is 20.6. The van der Waals surface area contributed by atoms with E-state index in [0.717, 1.165) is 18.6 Å². The Hall–Kier alpha value is -1.000. The van der Waals surface area contributed by atoms with Gasteiger partial charge in [0.25, 0.3) is 0 Å². The predicted octanol–water partition coefficient (Wildman–Crippen LogP) is 7.47. The molecule has 1 atom stereocenters. The molecule has 0 fully saturated rings. The molecule has 4 nitrogen and oxygen atoms in total. The van der Waals surface area contributed by atoms with Crippen molar-refractivity contribution in [2.45, 2.75) is 106 Å². The molecule has 0 aliphatic rings. The van der Waals surface area contributed by atoms with Crippen LogP contribution in [-0.4, -0.2) is 29.0 Å². The summed E-state index contributed by atoms with van der Waals surface area (Å²) in [5.74, 6) is 1.66. The van der Waals surface area contributed by atoms with E-state index in [9.17, 15) is 4.79 Å². The average Bonchev–Trinajstić information content (AvgIpc) is 2.63. The summed E-state index contributed by atoms with van der Waals surface area (Å²) in [4.78, 5) is 17.1. The lowest BCUT2D eigenvalue weighted by Crippen LogP contribution is -2.15. The summed E-state index contributed by atoms with van der Waals surface area (Å²) in [7, 11) is 1.71. The number of ether oxygens (including phenoxy) is 1. The minimum absolute atomic E-state index is 0.0417. The van der Waals surface area contributed by atoms with Crippen LogP contribution in [0.15, 0.2) is 12.3 Å². The van der Waals surface area contributed by atoms with Crippen molar-refractivity contribution < 1.29 is 9.53 Å². The van der Waals surface area contributed by atoms with Crippen LogP contribution in [0.4, 0.5) is 0 Å². The van der Waals surface area contributed by atoms with Gasteiger partial charge in [0, 0.05) is 19.7 Å². The van der Waals surface area contributed by atoms with Crippen LogP contribution < -0.4 is 0 Å². The second-order valence-corrected chi connectivity index (χ2v) is 8.09. The number of aryl methyl sites for hydroxylation is 1. The molecule has 0 aliphatic heterocycles. The molecule has 0 bridgehead atoms. The lowest BCUT2D eigenvalue weighted by Gasteiger charge is -2.14. The van der Waals surface area contributed by atoms with Gasteiger partial charge in [-0.25, -0.2) is 9.97 Å². The van der Waals surface area contributed by atoms with Crippen molar-refractivity contribution in [3.05, 3.63) is 23.2 Å². The summed E-state index contributed by atoms with van der Waals surface area (Å²) in [6.45, 7) is 16.7. The van der Waals surface area contributed by atoms with E-state index in [4.69, 9.17) is 16.3 Å². The van der Waals surface area contributed by atoms with Crippen molar-refractivity contribution in [2.75, 3.05) is 7.11 Å². The van der Waals surface area contributed by atoms with Gasteiger partial charge in [0.15, 0.2) is 0 Å². The molecule has 166 valence electrons. The second kappa shape index (κ2) is 22.3. The minimum Gasteiger partial charge on any atom is -0.379 e. The third-order valence-corrected chi connectivity index (χ3v) is 3.97. The Bertz CT molecular complexity index is 431. The molecule has 0 spiro atoms. The Morgan fingerprint density at radius 1 is 1.18 bits per heavy atom. The van der Waals surface area contributed by atoms with Crippen LogP contribution in [-0.2, 0) is 9.53 Å². The molecule has 1 aromatic heterocycles. The summed E-state index contributed by atoms with van der Waals surface area (Å²) in [5.41, 5.74) is 0.0417. The van der Waals surface area contributed by atoms with Gasteiger partial charge >= 0.3 is 0 Å². The Morgan fingerprint density at radius 2 is 1.75 bits per heavy atom. The van der Waals surface area contributed by atoms with Crippen LogP contribution >= 0.6 is 11.6 Å². The van der Waals surface area contributed by atoms with Crippen LogP contribution in [0.1, 0.15) is 99.2 Å². The molecule has 0 amide bonds. The summed E-state index contributed by atoms with van der Waals surface area (Å²) in [6, 6.07) is 1.65. The molecule has 1 unspecified atom stereocenters. The second-order valence-electron chi connectivity index (χ2n) is 7.71.